The van der Waals surface area contributed by atoms with Gasteiger partial charge in [0.15, 0.2) is 11.6 Å². The van der Waals surface area contributed by atoms with Crippen molar-refractivity contribution in [3.8, 4) is 5.75 Å². The van der Waals surface area contributed by atoms with Crippen LogP contribution in [0.1, 0.15) is 26.7 Å². The highest BCUT2D eigenvalue weighted by molar-refractivity contribution is 5.93. The average molecular weight is 220 g/mol. The van der Waals surface area contributed by atoms with E-state index in [9.17, 15) is 4.79 Å². The third-order valence-corrected chi connectivity index (χ3v) is 2.75. The van der Waals surface area contributed by atoms with E-state index in [2.05, 4.69) is 11.9 Å². The van der Waals surface area contributed by atoms with Crippen molar-refractivity contribution < 1.29 is 9.53 Å². The van der Waals surface area contributed by atoms with Gasteiger partial charge in [0, 0.05) is 12.6 Å². The summed E-state index contributed by atoms with van der Waals surface area (Å²) in [6.45, 7) is 4.52. The zero-order valence-electron chi connectivity index (χ0n) is 9.64. The third kappa shape index (κ3) is 1.87. The standard InChI is InChI=1S/C12H16N2O2/c1-3-9-8-14(11(15)4-2)12-10(16-9)6-5-7-13-12/h5-7,9H,3-4,8H2,1-2H3. The van der Waals surface area contributed by atoms with Crippen LogP contribution in [0.2, 0.25) is 0 Å². The molecular weight excluding hydrogens is 204 g/mol. The number of amides is 1. The van der Waals surface area contributed by atoms with Crippen molar-refractivity contribution in [2.45, 2.75) is 32.8 Å². The van der Waals surface area contributed by atoms with Gasteiger partial charge >= 0.3 is 0 Å². The molecule has 0 N–H and O–H groups in total. The predicted molar refractivity (Wildman–Crippen MR) is 61.6 cm³/mol. The average Bonchev–Trinajstić information content (AvgIpc) is 2.36. The van der Waals surface area contributed by atoms with Gasteiger partial charge in [-0.15, -0.1) is 0 Å². The summed E-state index contributed by atoms with van der Waals surface area (Å²) in [5.74, 6) is 1.46. The number of nitrogens with zero attached hydrogens (tertiary/aromatic N) is 2. The lowest BCUT2D eigenvalue weighted by molar-refractivity contribution is -0.118. The summed E-state index contributed by atoms with van der Waals surface area (Å²) < 4.78 is 5.75. The molecule has 1 aliphatic rings. The minimum atomic E-state index is 0.0761. The van der Waals surface area contributed by atoms with Gasteiger partial charge in [0.2, 0.25) is 5.91 Å². The zero-order chi connectivity index (χ0) is 11.5. The molecule has 4 heteroatoms. The number of hydrogen-bond acceptors (Lipinski definition) is 3. The quantitative estimate of drug-likeness (QED) is 0.765. The molecule has 16 heavy (non-hydrogen) atoms. The molecule has 0 saturated carbocycles. The van der Waals surface area contributed by atoms with Crippen molar-refractivity contribution in [2.75, 3.05) is 11.4 Å². The van der Waals surface area contributed by atoms with Crippen LogP contribution in [-0.4, -0.2) is 23.5 Å². The summed E-state index contributed by atoms with van der Waals surface area (Å²) in [7, 11) is 0. The molecular formula is C12H16N2O2. The monoisotopic (exact) mass is 220 g/mol. The Hall–Kier alpha value is -1.58. The van der Waals surface area contributed by atoms with Crippen LogP contribution >= 0.6 is 0 Å². The fourth-order valence-corrected chi connectivity index (χ4v) is 1.81. The van der Waals surface area contributed by atoms with E-state index in [1.165, 1.54) is 0 Å². The number of aromatic nitrogens is 1. The number of pyridine rings is 1. The normalized spacial score (nSPS) is 18.9. The first kappa shape index (κ1) is 10.9. The molecule has 2 heterocycles. The lowest BCUT2D eigenvalue weighted by Gasteiger charge is -2.33. The number of hydrogen-bond donors (Lipinski definition) is 0. The maximum Gasteiger partial charge on any atom is 0.228 e. The van der Waals surface area contributed by atoms with Gasteiger partial charge in [-0.05, 0) is 18.6 Å². The van der Waals surface area contributed by atoms with E-state index in [0.29, 0.717) is 24.5 Å². The van der Waals surface area contributed by atoms with Crippen LogP contribution in [0, 0.1) is 0 Å². The fraction of sp³-hybridized carbons (Fsp3) is 0.500. The van der Waals surface area contributed by atoms with Gasteiger partial charge in [0.1, 0.15) is 6.10 Å². The lowest BCUT2D eigenvalue weighted by atomic mass is 10.2. The molecule has 0 fully saturated rings. The van der Waals surface area contributed by atoms with Gasteiger partial charge in [-0.2, -0.15) is 0 Å². The molecule has 1 aromatic heterocycles. The number of ether oxygens (including phenoxy) is 1. The Balaban J connectivity index is 2.35. The number of rotatable bonds is 2. The first-order chi connectivity index (χ1) is 7.76. The predicted octanol–water partition coefficient (Wildman–Crippen LogP) is 2.00. The first-order valence-corrected chi connectivity index (χ1v) is 5.68. The number of fused-ring (bicyclic) bond motifs is 1. The van der Waals surface area contributed by atoms with Crippen molar-refractivity contribution >= 4 is 11.7 Å². The number of carbonyl (C=O) groups excluding carboxylic acids is 1. The van der Waals surface area contributed by atoms with Gasteiger partial charge in [-0.25, -0.2) is 4.98 Å². The van der Waals surface area contributed by atoms with Gasteiger partial charge in [-0.3, -0.25) is 9.69 Å². The minimum absolute atomic E-state index is 0.0761. The van der Waals surface area contributed by atoms with Crippen molar-refractivity contribution in [1.29, 1.82) is 0 Å². The highest BCUT2D eigenvalue weighted by Crippen LogP contribution is 2.31. The third-order valence-electron chi connectivity index (χ3n) is 2.75. The van der Waals surface area contributed by atoms with Crippen LogP contribution in [-0.2, 0) is 4.79 Å². The van der Waals surface area contributed by atoms with Crippen molar-refractivity contribution in [3.05, 3.63) is 18.3 Å². The maximum absolute atomic E-state index is 11.8. The molecule has 4 nitrogen and oxygen atoms in total. The maximum atomic E-state index is 11.8. The largest absolute Gasteiger partial charge is 0.485 e. The molecule has 1 atom stereocenters. The van der Waals surface area contributed by atoms with E-state index in [1.54, 1.807) is 11.1 Å². The Bertz CT molecular complexity index is 392. The minimum Gasteiger partial charge on any atom is -0.485 e. The summed E-state index contributed by atoms with van der Waals surface area (Å²) in [5.41, 5.74) is 0. The Morgan fingerprint density at radius 3 is 3.12 bits per heavy atom. The van der Waals surface area contributed by atoms with E-state index >= 15 is 0 Å². The molecule has 0 saturated heterocycles. The van der Waals surface area contributed by atoms with Crippen LogP contribution < -0.4 is 9.64 Å². The molecule has 2 rings (SSSR count). The summed E-state index contributed by atoms with van der Waals surface area (Å²) in [6, 6.07) is 3.69. The molecule has 86 valence electrons. The van der Waals surface area contributed by atoms with Gasteiger partial charge < -0.3 is 4.74 Å². The van der Waals surface area contributed by atoms with E-state index in [0.717, 1.165) is 6.42 Å². The fourth-order valence-electron chi connectivity index (χ4n) is 1.81. The summed E-state index contributed by atoms with van der Waals surface area (Å²) >= 11 is 0. The highest BCUT2D eigenvalue weighted by atomic mass is 16.5. The van der Waals surface area contributed by atoms with Crippen molar-refractivity contribution in [3.63, 3.8) is 0 Å². The van der Waals surface area contributed by atoms with Crippen LogP contribution in [0.5, 0.6) is 5.75 Å². The van der Waals surface area contributed by atoms with Crippen LogP contribution in [0.15, 0.2) is 18.3 Å². The Labute approximate surface area is 95.2 Å². The lowest BCUT2D eigenvalue weighted by Crippen LogP contribution is -2.43. The molecule has 1 aliphatic heterocycles. The van der Waals surface area contributed by atoms with Crippen molar-refractivity contribution in [2.24, 2.45) is 0 Å². The summed E-state index contributed by atoms with van der Waals surface area (Å²) in [6.07, 6.45) is 3.14. The molecule has 0 aliphatic carbocycles. The number of carbonyl (C=O) groups is 1. The SMILES string of the molecule is CCC(=O)N1CC(CC)Oc2cccnc21. The molecule has 0 bridgehead atoms. The van der Waals surface area contributed by atoms with E-state index in [-0.39, 0.29) is 12.0 Å². The van der Waals surface area contributed by atoms with Crippen molar-refractivity contribution in [1.82, 2.24) is 4.98 Å². The second kappa shape index (κ2) is 4.51. The van der Waals surface area contributed by atoms with E-state index in [1.807, 2.05) is 19.1 Å². The Kier molecular flexibility index (Phi) is 3.08. The van der Waals surface area contributed by atoms with E-state index in [4.69, 9.17) is 4.74 Å². The topological polar surface area (TPSA) is 42.4 Å². The molecule has 1 aromatic rings. The molecule has 1 amide bonds. The van der Waals surface area contributed by atoms with Crippen LogP contribution in [0.25, 0.3) is 0 Å². The van der Waals surface area contributed by atoms with E-state index < -0.39 is 0 Å². The zero-order valence-corrected chi connectivity index (χ0v) is 9.64. The number of anilines is 1. The smallest absolute Gasteiger partial charge is 0.228 e. The van der Waals surface area contributed by atoms with Gasteiger partial charge in [0.05, 0.1) is 6.54 Å². The molecule has 0 radical (unpaired) electrons. The summed E-state index contributed by atoms with van der Waals surface area (Å²) in [5, 5.41) is 0. The van der Waals surface area contributed by atoms with Gasteiger partial charge in [-0.1, -0.05) is 13.8 Å². The first-order valence-electron chi connectivity index (χ1n) is 5.68. The summed E-state index contributed by atoms with van der Waals surface area (Å²) in [4.78, 5) is 17.8. The molecule has 0 spiro atoms. The van der Waals surface area contributed by atoms with Crippen LogP contribution in [0.3, 0.4) is 0 Å². The molecule has 1 unspecified atom stereocenters. The molecule has 0 aromatic carbocycles. The Morgan fingerprint density at radius 1 is 1.62 bits per heavy atom. The van der Waals surface area contributed by atoms with Gasteiger partial charge in [0.25, 0.3) is 0 Å². The second-order valence-electron chi connectivity index (χ2n) is 3.83. The highest BCUT2D eigenvalue weighted by Gasteiger charge is 2.28. The van der Waals surface area contributed by atoms with Crippen LogP contribution in [0.4, 0.5) is 5.82 Å². The second-order valence-corrected chi connectivity index (χ2v) is 3.83. The Morgan fingerprint density at radius 2 is 2.44 bits per heavy atom.